The molecule has 0 aromatic heterocycles. The lowest BCUT2D eigenvalue weighted by atomic mass is 9.74. The van der Waals surface area contributed by atoms with Crippen molar-refractivity contribution in [3.63, 3.8) is 0 Å². The molecule has 1 N–H and O–H groups in total. The van der Waals surface area contributed by atoms with E-state index in [4.69, 9.17) is 11.6 Å². The number of hydrogen-bond acceptors (Lipinski definition) is 3. The quantitative estimate of drug-likeness (QED) is 0.432. The van der Waals surface area contributed by atoms with Gasteiger partial charge in [-0.3, -0.25) is 4.79 Å². The van der Waals surface area contributed by atoms with Crippen LogP contribution < -0.4 is 5.43 Å². The maximum absolute atomic E-state index is 12.2. The molecule has 2 aromatic rings. The molecule has 0 aliphatic heterocycles. The topological polar surface area (TPSA) is 41.5 Å². The van der Waals surface area contributed by atoms with Crippen LogP contribution in [0.4, 0.5) is 0 Å². The molecule has 0 heterocycles. The molecule has 4 rings (SSSR count). The second-order valence-electron chi connectivity index (χ2n) is 6.64. The van der Waals surface area contributed by atoms with E-state index in [2.05, 4.69) is 22.7 Å². The number of halogens is 1. The highest BCUT2D eigenvalue weighted by Crippen LogP contribution is 2.40. The summed E-state index contributed by atoms with van der Waals surface area (Å²) in [5.41, 5.74) is 5.59. The number of rotatable bonds is 5. The van der Waals surface area contributed by atoms with E-state index in [0.29, 0.717) is 17.4 Å². The van der Waals surface area contributed by atoms with Crippen LogP contribution in [-0.4, -0.2) is 11.6 Å². The smallest absolute Gasteiger partial charge is 0.267 e. The highest BCUT2D eigenvalue weighted by molar-refractivity contribution is 7.98. The Balaban J connectivity index is 1.30. The number of thioether (sulfide) groups is 1. The minimum atomic E-state index is -0.153. The molecule has 0 unspecified atom stereocenters. The average Bonchev–Trinajstić information content (AvgIpc) is 3.02. The molecule has 3 nitrogen and oxygen atoms in total. The normalized spacial score (nSPS) is 22.1. The zero-order valence-corrected chi connectivity index (χ0v) is 15.8. The zero-order valence-electron chi connectivity index (χ0n) is 14.2. The van der Waals surface area contributed by atoms with Crippen molar-refractivity contribution in [3.8, 4) is 0 Å². The first-order valence-electron chi connectivity index (χ1n) is 8.70. The second-order valence-corrected chi connectivity index (χ2v) is 8.12. The molecule has 5 heteroatoms. The van der Waals surface area contributed by atoms with Crippen molar-refractivity contribution in [1.82, 2.24) is 5.43 Å². The summed E-state index contributed by atoms with van der Waals surface area (Å²) in [6, 6.07) is 15.5. The van der Waals surface area contributed by atoms with Gasteiger partial charge < -0.3 is 0 Å². The van der Waals surface area contributed by atoms with E-state index in [9.17, 15) is 4.79 Å². The SMILES string of the molecule is O=C(N/N=C1/C[C@H]2CC=C[C@@H]12)c1ccc(CSc2ccc(Cl)cc2)cc1. The lowest BCUT2D eigenvalue weighted by Crippen LogP contribution is -2.35. The molecule has 2 aromatic carbocycles. The summed E-state index contributed by atoms with van der Waals surface area (Å²) >= 11 is 7.64. The van der Waals surface area contributed by atoms with Gasteiger partial charge in [0.15, 0.2) is 0 Å². The Bertz CT molecular complexity index is 859. The van der Waals surface area contributed by atoms with Gasteiger partial charge >= 0.3 is 0 Å². The molecule has 2 aliphatic carbocycles. The van der Waals surface area contributed by atoms with Gasteiger partial charge in [-0.05, 0) is 60.7 Å². The van der Waals surface area contributed by atoms with Crippen molar-refractivity contribution >= 4 is 35.0 Å². The Morgan fingerprint density at radius 2 is 1.92 bits per heavy atom. The molecule has 0 saturated heterocycles. The van der Waals surface area contributed by atoms with E-state index in [1.54, 1.807) is 11.8 Å². The van der Waals surface area contributed by atoms with Gasteiger partial charge in [0.25, 0.3) is 5.91 Å². The van der Waals surface area contributed by atoms with Crippen LogP contribution in [0.5, 0.6) is 0 Å². The number of hydrogen-bond donors (Lipinski definition) is 1. The van der Waals surface area contributed by atoms with E-state index < -0.39 is 0 Å². The summed E-state index contributed by atoms with van der Waals surface area (Å²) in [6.45, 7) is 0. The van der Waals surface area contributed by atoms with Crippen molar-refractivity contribution in [2.75, 3.05) is 0 Å². The van der Waals surface area contributed by atoms with Gasteiger partial charge in [-0.1, -0.05) is 35.9 Å². The van der Waals surface area contributed by atoms with Crippen LogP contribution in [0.25, 0.3) is 0 Å². The van der Waals surface area contributed by atoms with Crippen molar-refractivity contribution in [3.05, 3.63) is 76.8 Å². The lowest BCUT2D eigenvalue weighted by Gasteiger charge is -2.31. The van der Waals surface area contributed by atoms with Crippen LogP contribution in [0, 0.1) is 11.8 Å². The van der Waals surface area contributed by atoms with E-state index in [1.807, 2.05) is 48.5 Å². The summed E-state index contributed by atoms with van der Waals surface area (Å²) in [5, 5.41) is 5.05. The lowest BCUT2D eigenvalue weighted by molar-refractivity contribution is 0.0954. The highest BCUT2D eigenvalue weighted by Gasteiger charge is 2.37. The van der Waals surface area contributed by atoms with Crippen LogP contribution in [0.2, 0.25) is 5.02 Å². The third-order valence-corrected chi connectivity index (χ3v) is 6.22. The number of benzene rings is 2. The number of amides is 1. The molecule has 0 bridgehead atoms. The zero-order chi connectivity index (χ0) is 17.9. The standard InChI is InChI=1S/C21H19ClN2OS/c22-17-8-10-18(11-9-17)26-13-14-4-6-15(7-5-14)21(25)24-23-20-12-16-2-1-3-19(16)20/h1,3-11,16,19H,2,12-13H2,(H,24,25)/b23-20-/t16-,19-/m1/s1. The molecule has 1 saturated carbocycles. The molecular weight excluding hydrogens is 364 g/mol. The Morgan fingerprint density at radius 1 is 1.15 bits per heavy atom. The molecule has 2 atom stereocenters. The summed E-state index contributed by atoms with van der Waals surface area (Å²) in [4.78, 5) is 13.4. The second kappa shape index (κ2) is 7.68. The summed E-state index contributed by atoms with van der Waals surface area (Å²) in [6.07, 6.45) is 6.55. The van der Waals surface area contributed by atoms with Crippen molar-refractivity contribution in [2.45, 2.75) is 23.5 Å². The van der Waals surface area contributed by atoms with Gasteiger partial charge in [0.05, 0.1) is 0 Å². The molecular formula is C21H19ClN2OS. The van der Waals surface area contributed by atoms with Crippen LogP contribution in [0.1, 0.15) is 28.8 Å². The number of carbonyl (C=O) groups excluding carboxylic acids is 1. The molecule has 0 spiro atoms. The predicted octanol–water partition coefficient (Wildman–Crippen LogP) is 5.31. The number of nitrogens with one attached hydrogen (secondary N) is 1. The van der Waals surface area contributed by atoms with Gasteiger partial charge in [-0.15, -0.1) is 11.8 Å². The van der Waals surface area contributed by atoms with Crippen LogP contribution in [-0.2, 0) is 5.75 Å². The maximum Gasteiger partial charge on any atom is 0.271 e. The number of hydrazone groups is 1. The summed E-state index contributed by atoms with van der Waals surface area (Å²) in [7, 11) is 0. The van der Waals surface area contributed by atoms with Crippen molar-refractivity contribution in [1.29, 1.82) is 0 Å². The van der Waals surface area contributed by atoms with Crippen LogP contribution >= 0.6 is 23.4 Å². The van der Waals surface area contributed by atoms with Crippen molar-refractivity contribution < 1.29 is 4.79 Å². The fourth-order valence-electron chi connectivity index (χ4n) is 3.30. The minimum Gasteiger partial charge on any atom is -0.267 e. The molecule has 26 heavy (non-hydrogen) atoms. The number of allylic oxidation sites excluding steroid dienone is 2. The fourth-order valence-corrected chi connectivity index (χ4v) is 4.28. The fraction of sp³-hybridized carbons (Fsp3) is 0.238. The van der Waals surface area contributed by atoms with Gasteiger partial charge in [-0.2, -0.15) is 5.10 Å². The Labute approximate surface area is 162 Å². The van der Waals surface area contributed by atoms with Gasteiger partial charge in [0.1, 0.15) is 0 Å². The predicted molar refractivity (Wildman–Crippen MR) is 108 cm³/mol. The van der Waals surface area contributed by atoms with E-state index in [-0.39, 0.29) is 5.91 Å². The third kappa shape index (κ3) is 3.87. The largest absolute Gasteiger partial charge is 0.271 e. The maximum atomic E-state index is 12.2. The molecule has 132 valence electrons. The molecule has 0 radical (unpaired) electrons. The average molecular weight is 383 g/mol. The first-order valence-corrected chi connectivity index (χ1v) is 10.1. The van der Waals surface area contributed by atoms with Gasteiger partial charge in [0, 0.05) is 32.9 Å². The number of nitrogens with zero attached hydrogens (tertiary/aromatic N) is 1. The van der Waals surface area contributed by atoms with Crippen LogP contribution in [0.3, 0.4) is 0 Å². The summed E-state index contributed by atoms with van der Waals surface area (Å²) < 4.78 is 0. The Hall–Kier alpha value is -2.04. The molecule has 2 aliphatic rings. The van der Waals surface area contributed by atoms with E-state index in [1.165, 1.54) is 10.5 Å². The van der Waals surface area contributed by atoms with Gasteiger partial charge in [-0.25, -0.2) is 5.43 Å². The third-order valence-electron chi connectivity index (χ3n) is 4.88. The van der Waals surface area contributed by atoms with E-state index in [0.717, 1.165) is 29.3 Å². The Morgan fingerprint density at radius 3 is 2.65 bits per heavy atom. The van der Waals surface area contributed by atoms with Crippen LogP contribution in [0.15, 0.2) is 70.7 Å². The van der Waals surface area contributed by atoms with E-state index >= 15 is 0 Å². The van der Waals surface area contributed by atoms with Crippen molar-refractivity contribution in [2.24, 2.45) is 16.9 Å². The summed E-state index contributed by atoms with van der Waals surface area (Å²) in [5.74, 6) is 1.85. The number of carbonyl (C=O) groups is 1. The Kier molecular flexibility index (Phi) is 5.14. The highest BCUT2D eigenvalue weighted by atomic mass is 35.5. The first-order chi connectivity index (χ1) is 12.7. The minimum absolute atomic E-state index is 0.153. The van der Waals surface area contributed by atoms with Gasteiger partial charge in [0.2, 0.25) is 0 Å². The molecule has 1 fully saturated rings. The molecule has 1 amide bonds. The first kappa shape index (κ1) is 17.4. The monoisotopic (exact) mass is 382 g/mol. The number of fused-ring (bicyclic) bond motifs is 1.